The molecule has 90 valence electrons. The van der Waals surface area contributed by atoms with Gasteiger partial charge in [-0.15, -0.1) is 14.8 Å². The van der Waals surface area contributed by atoms with Gasteiger partial charge < -0.3 is 10.2 Å². The third-order valence-corrected chi connectivity index (χ3v) is 3.17. The molecule has 0 amide bonds. The van der Waals surface area contributed by atoms with Crippen molar-refractivity contribution in [3.8, 4) is 0 Å². The van der Waals surface area contributed by atoms with Crippen LogP contribution in [0.5, 0.6) is 0 Å². The minimum absolute atomic E-state index is 0.515. The second-order valence-corrected chi connectivity index (χ2v) is 4.15. The van der Waals surface area contributed by atoms with E-state index < -0.39 is 0 Å². The van der Waals surface area contributed by atoms with Crippen molar-refractivity contribution in [3.05, 3.63) is 12.1 Å². The summed E-state index contributed by atoms with van der Waals surface area (Å²) in [5.41, 5.74) is 0.675. The summed E-state index contributed by atoms with van der Waals surface area (Å²) in [5, 5.41) is 19.1. The van der Waals surface area contributed by atoms with Gasteiger partial charge in [-0.25, -0.2) is 0 Å². The first-order valence-corrected chi connectivity index (χ1v) is 5.91. The van der Waals surface area contributed by atoms with Crippen molar-refractivity contribution >= 4 is 11.5 Å². The molecule has 1 atom stereocenters. The van der Waals surface area contributed by atoms with Crippen LogP contribution < -0.4 is 10.2 Å². The number of nitrogens with one attached hydrogen (secondary N) is 1. The fourth-order valence-electron chi connectivity index (χ4n) is 2.31. The average Bonchev–Trinajstić information content (AvgIpc) is 2.99. The van der Waals surface area contributed by atoms with Gasteiger partial charge in [-0.3, -0.25) is 0 Å². The number of anilines is 1. The first-order valence-electron chi connectivity index (χ1n) is 5.91. The minimum Gasteiger partial charge on any atom is -0.351 e. The summed E-state index contributed by atoms with van der Waals surface area (Å²) < 4.78 is 1.47. The molecule has 0 aliphatic carbocycles. The van der Waals surface area contributed by atoms with Gasteiger partial charge in [0.25, 0.3) is 0 Å². The molecule has 2 aromatic heterocycles. The monoisotopic (exact) mass is 233 g/mol. The molecular formula is C10H15N7. The highest BCUT2D eigenvalue weighted by atomic mass is 15.6. The Kier molecular flexibility index (Phi) is 2.60. The number of rotatable bonds is 3. The molecule has 0 spiro atoms. The Bertz CT molecular complexity index is 502. The van der Waals surface area contributed by atoms with Crippen molar-refractivity contribution in [2.24, 2.45) is 0 Å². The maximum atomic E-state index is 4.43. The van der Waals surface area contributed by atoms with E-state index in [-0.39, 0.29) is 0 Å². The summed E-state index contributed by atoms with van der Waals surface area (Å²) in [6.45, 7) is 5.17. The van der Waals surface area contributed by atoms with E-state index in [0.29, 0.717) is 11.7 Å². The van der Waals surface area contributed by atoms with Gasteiger partial charge in [0.1, 0.15) is 0 Å². The maximum Gasteiger partial charge on any atom is 0.200 e. The number of hydrogen-bond acceptors (Lipinski definition) is 6. The lowest BCUT2D eigenvalue weighted by Gasteiger charge is -2.27. The van der Waals surface area contributed by atoms with Crippen LogP contribution in [0.1, 0.15) is 13.3 Å². The molecule has 3 heterocycles. The van der Waals surface area contributed by atoms with E-state index in [1.165, 1.54) is 4.63 Å². The molecule has 0 bridgehead atoms. The fraction of sp³-hybridized carbons (Fsp3) is 0.600. The molecule has 1 aliphatic heterocycles. The summed E-state index contributed by atoms with van der Waals surface area (Å²) in [5.74, 6) is 0.931. The highest BCUT2D eigenvalue weighted by Crippen LogP contribution is 2.17. The van der Waals surface area contributed by atoms with E-state index in [9.17, 15) is 0 Å². The summed E-state index contributed by atoms with van der Waals surface area (Å²) in [6.07, 6.45) is 1.16. The third-order valence-electron chi connectivity index (χ3n) is 3.17. The predicted octanol–water partition coefficient (Wildman–Crippen LogP) is -0.293. The van der Waals surface area contributed by atoms with Crippen LogP contribution in [0.3, 0.4) is 0 Å². The maximum absolute atomic E-state index is 4.43. The normalized spacial score (nSPS) is 19.9. The van der Waals surface area contributed by atoms with E-state index in [4.69, 9.17) is 0 Å². The van der Waals surface area contributed by atoms with Crippen LogP contribution in [0.2, 0.25) is 0 Å². The van der Waals surface area contributed by atoms with E-state index in [1.807, 2.05) is 12.1 Å². The molecule has 7 nitrogen and oxygen atoms in total. The quantitative estimate of drug-likeness (QED) is 0.785. The zero-order valence-electron chi connectivity index (χ0n) is 9.74. The number of aromatic nitrogens is 5. The standard InChI is InChI=1S/C10H15N7/c1-2-16(8-5-6-11-7-8)10-4-3-9-12-14-15-17(9)13-10/h3-4,8,11H,2,5-7H2,1H3. The largest absolute Gasteiger partial charge is 0.351 e. The third kappa shape index (κ3) is 1.82. The van der Waals surface area contributed by atoms with Crippen molar-refractivity contribution in [2.75, 3.05) is 24.5 Å². The zero-order valence-corrected chi connectivity index (χ0v) is 9.74. The van der Waals surface area contributed by atoms with Gasteiger partial charge in [0.15, 0.2) is 11.5 Å². The van der Waals surface area contributed by atoms with Gasteiger partial charge >= 0.3 is 0 Å². The van der Waals surface area contributed by atoms with Crippen molar-refractivity contribution in [1.29, 1.82) is 0 Å². The first-order chi connectivity index (χ1) is 8.38. The first kappa shape index (κ1) is 10.4. The number of nitrogens with zero attached hydrogens (tertiary/aromatic N) is 6. The Morgan fingerprint density at radius 1 is 1.53 bits per heavy atom. The number of likely N-dealkylation sites (N-methyl/N-ethyl adjacent to an activating group) is 1. The summed E-state index contributed by atoms with van der Waals surface area (Å²) in [7, 11) is 0. The fourth-order valence-corrected chi connectivity index (χ4v) is 2.31. The van der Waals surface area contributed by atoms with Crippen LogP contribution in [-0.2, 0) is 0 Å². The van der Waals surface area contributed by atoms with Crippen LogP contribution >= 0.6 is 0 Å². The van der Waals surface area contributed by atoms with Crippen LogP contribution in [0.25, 0.3) is 5.65 Å². The second kappa shape index (κ2) is 4.25. The van der Waals surface area contributed by atoms with Crippen molar-refractivity contribution < 1.29 is 0 Å². The van der Waals surface area contributed by atoms with Crippen molar-refractivity contribution in [2.45, 2.75) is 19.4 Å². The van der Waals surface area contributed by atoms with Crippen molar-refractivity contribution in [3.63, 3.8) is 0 Å². The van der Waals surface area contributed by atoms with Gasteiger partial charge in [0, 0.05) is 19.1 Å². The van der Waals surface area contributed by atoms with Crippen LogP contribution in [0, 0.1) is 0 Å². The molecule has 1 N–H and O–H groups in total. The topological polar surface area (TPSA) is 71.2 Å². The van der Waals surface area contributed by atoms with Gasteiger partial charge in [-0.2, -0.15) is 0 Å². The summed E-state index contributed by atoms with van der Waals surface area (Å²) in [6, 6.07) is 4.39. The Hall–Kier alpha value is -1.76. The number of tetrazole rings is 1. The van der Waals surface area contributed by atoms with E-state index >= 15 is 0 Å². The average molecular weight is 233 g/mol. The summed E-state index contributed by atoms with van der Waals surface area (Å²) in [4.78, 5) is 2.29. The number of fused-ring (bicyclic) bond motifs is 1. The highest BCUT2D eigenvalue weighted by molar-refractivity contribution is 5.45. The van der Waals surface area contributed by atoms with Gasteiger partial charge in [0.2, 0.25) is 0 Å². The molecule has 1 fully saturated rings. The smallest absolute Gasteiger partial charge is 0.200 e. The van der Waals surface area contributed by atoms with Crippen LogP contribution in [0.15, 0.2) is 12.1 Å². The predicted molar refractivity (Wildman–Crippen MR) is 62.9 cm³/mol. The Morgan fingerprint density at radius 3 is 3.24 bits per heavy atom. The highest BCUT2D eigenvalue weighted by Gasteiger charge is 2.22. The Balaban J connectivity index is 1.93. The van der Waals surface area contributed by atoms with E-state index in [1.54, 1.807) is 0 Å². The molecule has 3 rings (SSSR count). The molecule has 7 heteroatoms. The lowest BCUT2D eigenvalue weighted by atomic mass is 10.2. The molecule has 1 aliphatic rings. The molecule has 1 saturated heterocycles. The number of hydrogen-bond donors (Lipinski definition) is 1. The molecule has 2 aromatic rings. The van der Waals surface area contributed by atoms with Crippen molar-refractivity contribution in [1.82, 2.24) is 30.6 Å². The molecule has 0 saturated carbocycles. The van der Waals surface area contributed by atoms with E-state index in [2.05, 4.69) is 37.8 Å². The lowest BCUT2D eigenvalue weighted by molar-refractivity contribution is 0.624. The lowest BCUT2D eigenvalue weighted by Crippen LogP contribution is -2.37. The zero-order chi connectivity index (χ0) is 11.7. The SMILES string of the molecule is CCN(c1ccc2nnnn2n1)C1CCNC1. The van der Waals surface area contributed by atoms with Gasteiger partial charge in [-0.1, -0.05) is 0 Å². The van der Waals surface area contributed by atoms with Crippen LogP contribution in [-0.4, -0.2) is 50.9 Å². The minimum atomic E-state index is 0.515. The molecule has 0 aromatic carbocycles. The Morgan fingerprint density at radius 2 is 2.47 bits per heavy atom. The summed E-state index contributed by atoms with van der Waals surface area (Å²) >= 11 is 0. The molecule has 0 radical (unpaired) electrons. The van der Waals surface area contributed by atoms with Crippen LogP contribution in [0.4, 0.5) is 5.82 Å². The molecule has 1 unspecified atom stereocenters. The Labute approximate surface area is 98.8 Å². The second-order valence-electron chi connectivity index (χ2n) is 4.15. The van der Waals surface area contributed by atoms with Gasteiger partial charge in [-0.05, 0) is 42.4 Å². The van der Waals surface area contributed by atoms with E-state index in [0.717, 1.165) is 31.9 Å². The van der Waals surface area contributed by atoms with Gasteiger partial charge in [0.05, 0.1) is 0 Å². The molecule has 17 heavy (non-hydrogen) atoms. The molecular weight excluding hydrogens is 218 g/mol.